The molecule has 2 aromatic carbocycles. The van der Waals surface area contributed by atoms with Crippen molar-refractivity contribution in [1.82, 2.24) is 9.80 Å². The molecule has 0 heterocycles. The largest absolute Gasteiger partial charge is 0.507 e. The van der Waals surface area contributed by atoms with E-state index in [9.17, 15) is 10.2 Å². The Balaban J connectivity index is 2.32. The van der Waals surface area contributed by atoms with Crippen molar-refractivity contribution < 1.29 is 10.2 Å². The van der Waals surface area contributed by atoms with Crippen molar-refractivity contribution in [3.63, 3.8) is 0 Å². The Hall–Kier alpha value is -2.04. The lowest BCUT2D eigenvalue weighted by Gasteiger charge is -2.31. The number of nitrogens with zero attached hydrogens (tertiary/aromatic N) is 2. The zero-order chi connectivity index (χ0) is 30.8. The molecule has 0 amide bonds. The normalized spacial score (nSPS) is 13.5. The fourth-order valence-electron chi connectivity index (χ4n) is 5.10. The Labute approximate surface area is 246 Å². The van der Waals surface area contributed by atoms with Crippen molar-refractivity contribution >= 4 is 0 Å². The molecule has 2 N–H and O–H groups in total. The third-order valence-corrected chi connectivity index (χ3v) is 8.14. The summed E-state index contributed by atoms with van der Waals surface area (Å²) in [4.78, 5) is 4.84. The number of phenols is 2. The number of phenolic OH excluding ortho intramolecular Hbond substituents is 2. The summed E-state index contributed by atoms with van der Waals surface area (Å²) in [6.45, 7) is 35.9. The molecule has 2 aromatic rings. The van der Waals surface area contributed by atoms with E-state index >= 15 is 0 Å². The Kier molecular flexibility index (Phi) is 10.6. The molecule has 0 bridgehead atoms. The fourth-order valence-corrected chi connectivity index (χ4v) is 5.10. The monoisotopic (exact) mass is 552 g/mol. The first-order chi connectivity index (χ1) is 18.1. The fraction of sp³-hybridized carbons (Fsp3) is 0.667. The smallest absolute Gasteiger partial charge is 0.123 e. The molecule has 40 heavy (non-hydrogen) atoms. The van der Waals surface area contributed by atoms with E-state index in [1.165, 1.54) is 11.1 Å². The van der Waals surface area contributed by atoms with Crippen molar-refractivity contribution in [3.8, 4) is 11.5 Å². The second-order valence-corrected chi connectivity index (χ2v) is 15.8. The summed E-state index contributed by atoms with van der Waals surface area (Å²) in [7, 11) is 0. The zero-order valence-corrected chi connectivity index (χ0v) is 28.3. The zero-order valence-electron chi connectivity index (χ0n) is 28.3. The molecule has 0 fully saturated rings. The predicted octanol–water partition coefficient (Wildman–Crippen LogP) is 8.63. The quantitative estimate of drug-likeness (QED) is 0.327. The van der Waals surface area contributed by atoms with Crippen LogP contribution in [0.25, 0.3) is 0 Å². The van der Waals surface area contributed by atoms with Crippen LogP contribution >= 0.6 is 0 Å². The minimum absolute atomic E-state index is 0.00794. The lowest BCUT2D eigenvalue weighted by atomic mass is 9.79. The van der Waals surface area contributed by atoms with Gasteiger partial charge in [0.1, 0.15) is 11.5 Å². The number of rotatable bonds is 9. The van der Waals surface area contributed by atoms with Gasteiger partial charge in [0.15, 0.2) is 0 Å². The summed E-state index contributed by atoms with van der Waals surface area (Å²) in [5, 5.41) is 22.7. The molecule has 4 nitrogen and oxygen atoms in total. The second-order valence-electron chi connectivity index (χ2n) is 15.8. The summed E-state index contributed by atoms with van der Waals surface area (Å²) in [6, 6.07) is 8.79. The molecule has 226 valence electrons. The van der Waals surface area contributed by atoms with Crippen LogP contribution in [-0.2, 0) is 34.7 Å². The van der Waals surface area contributed by atoms with Gasteiger partial charge in [-0.2, -0.15) is 0 Å². The summed E-state index contributed by atoms with van der Waals surface area (Å²) in [6.07, 6.45) is 0. The van der Waals surface area contributed by atoms with Gasteiger partial charge >= 0.3 is 0 Å². The van der Waals surface area contributed by atoms with E-state index in [2.05, 4.69) is 131 Å². The van der Waals surface area contributed by atoms with Crippen LogP contribution in [0.4, 0.5) is 0 Å². The summed E-state index contributed by atoms with van der Waals surface area (Å²) in [5.74, 6) is 0.870. The van der Waals surface area contributed by atoms with Gasteiger partial charge in [0.25, 0.3) is 0 Å². The lowest BCUT2D eigenvalue weighted by Crippen LogP contribution is -2.35. The second kappa shape index (κ2) is 12.4. The van der Waals surface area contributed by atoms with Crippen LogP contribution < -0.4 is 0 Å². The van der Waals surface area contributed by atoms with Crippen molar-refractivity contribution in [1.29, 1.82) is 0 Å². The van der Waals surface area contributed by atoms with Gasteiger partial charge in [0.2, 0.25) is 0 Å². The summed E-state index contributed by atoms with van der Waals surface area (Å²) in [5.41, 5.74) is 6.33. The number of likely N-dealkylation sites (N-methyl/N-ethyl adjacent to an activating group) is 2. The highest BCUT2D eigenvalue weighted by Crippen LogP contribution is 2.39. The van der Waals surface area contributed by atoms with Crippen LogP contribution in [0.3, 0.4) is 0 Å². The van der Waals surface area contributed by atoms with Gasteiger partial charge in [-0.25, -0.2) is 0 Å². The highest BCUT2D eigenvalue weighted by atomic mass is 16.3. The molecule has 0 saturated carbocycles. The minimum atomic E-state index is -0.133. The molecule has 0 aliphatic rings. The molecule has 4 heteroatoms. The maximum Gasteiger partial charge on any atom is 0.123 e. The molecule has 0 saturated heterocycles. The maximum atomic E-state index is 11.3. The van der Waals surface area contributed by atoms with Gasteiger partial charge in [-0.1, -0.05) is 121 Å². The third kappa shape index (κ3) is 8.73. The van der Waals surface area contributed by atoms with E-state index in [4.69, 9.17) is 0 Å². The SMILES string of the molecule is CCN(CCN(CC)Cc1cc(C(C)(C)C)cc(C(C)(C)C)c1O)Cc1cc(C(C)(C)C)cc(C(C)(C)C)c1O. The van der Waals surface area contributed by atoms with Gasteiger partial charge in [-0.3, -0.25) is 9.80 Å². The van der Waals surface area contributed by atoms with Crippen LogP contribution in [0.5, 0.6) is 11.5 Å². The van der Waals surface area contributed by atoms with E-state index in [1.807, 2.05) is 0 Å². The van der Waals surface area contributed by atoms with E-state index in [0.29, 0.717) is 24.6 Å². The predicted molar refractivity (Wildman–Crippen MR) is 173 cm³/mol. The number of hydrogen-bond acceptors (Lipinski definition) is 4. The third-order valence-electron chi connectivity index (χ3n) is 8.14. The number of hydrogen-bond donors (Lipinski definition) is 2. The molecule has 0 atom stereocenters. The van der Waals surface area contributed by atoms with Crippen molar-refractivity contribution in [2.24, 2.45) is 0 Å². The lowest BCUT2D eigenvalue weighted by molar-refractivity contribution is 0.202. The van der Waals surface area contributed by atoms with Gasteiger partial charge < -0.3 is 10.2 Å². The minimum Gasteiger partial charge on any atom is -0.507 e. The first-order valence-electron chi connectivity index (χ1n) is 15.3. The van der Waals surface area contributed by atoms with Crippen molar-refractivity contribution in [2.75, 3.05) is 26.2 Å². The number of aromatic hydroxyl groups is 2. The van der Waals surface area contributed by atoms with Gasteiger partial charge in [-0.05, 0) is 57.0 Å². The first-order valence-corrected chi connectivity index (χ1v) is 15.3. The van der Waals surface area contributed by atoms with Crippen molar-refractivity contribution in [3.05, 3.63) is 57.6 Å². The maximum absolute atomic E-state index is 11.3. The average molecular weight is 553 g/mol. The van der Waals surface area contributed by atoms with E-state index in [-0.39, 0.29) is 21.7 Å². The van der Waals surface area contributed by atoms with Gasteiger partial charge in [0.05, 0.1) is 0 Å². The van der Waals surface area contributed by atoms with E-state index in [1.54, 1.807) is 0 Å². The Morgan fingerprint density at radius 3 is 1.02 bits per heavy atom. The van der Waals surface area contributed by atoms with Crippen LogP contribution in [0.2, 0.25) is 0 Å². The van der Waals surface area contributed by atoms with Crippen molar-refractivity contribution in [2.45, 2.75) is 132 Å². The first kappa shape index (κ1) is 34.2. The average Bonchev–Trinajstić information content (AvgIpc) is 2.79. The molecule has 0 radical (unpaired) electrons. The molecule has 0 aromatic heterocycles. The molecular formula is C36H60N2O2. The van der Waals surface area contributed by atoms with Crippen LogP contribution in [0, 0.1) is 0 Å². The standard InChI is InChI=1S/C36H60N2O2/c1-15-37(23-25-19-27(33(3,4)5)21-29(31(25)39)35(9,10)11)17-18-38(16-2)24-26-20-28(34(6,7)8)22-30(32(26)40)36(12,13)14/h19-22,39-40H,15-18,23-24H2,1-14H3. The molecule has 2 rings (SSSR count). The molecule has 0 aliphatic heterocycles. The Morgan fingerprint density at radius 2 is 0.800 bits per heavy atom. The Morgan fingerprint density at radius 1 is 0.500 bits per heavy atom. The summed E-state index contributed by atoms with van der Waals surface area (Å²) >= 11 is 0. The van der Waals surface area contributed by atoms with Crippen LogP contribution in [0.15, 0.2) is 24.3 Å². The van der Waals surface area contributed by atoms with Gasteiger partial charge in [0, 0.05) is 37.3 Å². The molecule has 0 unspecified atom stereocenters. The van der Waals surface area contributed by atoms with Gasteiger partial charge in [-0.15, -0.1) is 0 Å². The Bertz CT molecular complexity index is 1050. The highest BCUT2D eigenvalue weighted by molar-refractivity contribution is 5.49. The van der Waals surface area contributed by atoms with E-state index < -0.39 is 0 Å². The molecular weight excluding hydrogens is 492 g/mol. The van der Waals surface area contributed by atoms with E-state index in [0.717, 1.165) is 48.4 Å². The molecule has 0 spiro atoms. The summed E-state index contributed by atoms with van der Waals surface area (Å²) < 4.78 is 0. The van der Waals surface area contributed by atoms with Crippen LogP contribution in [-0.4, -0.2) is 46.2 Å². The highest BCUT2D eigenvalue weighted by Gasteiger charge is 2.27. The number of benzene rings is 2. The molecule has 0 aliphatic carbocycles. The van der Waals surface area contributed by atoms with Crippen LogP contribution in [0.1, 0.15) is 130 Å². The topological polar surface area (TPSA) is 46.9 Å².